The fourth-order valence-electron chi connectivity index (χ4n) is 9.20. The molecule has 66 heavy (non-hydrogen) atoms. The molecule has 1 aliphatic rings. The number of aryl methyl sites for hydroxylation is 1. The standard InChI is InChI=1S/C57H100N2O6S/c1-6-9-12-15-18-19-20-21-22-23-24-25-26-29-33-39-50(60)41-42-52-55(57(63)65-47-36-44-58(4)5)51-43-45-59(48-53(51)66-52)54(61)40-34-30-35-46-64-56(62)49(37-31-27-16-13-10-7-2)38-32-28-17-14-11-8-3/h21-22,49H,6-20,23-48H2,1-5H3/b22-21-. The van der Waals surface area contributed by atoms with E-state index in [2.05, 4.69) is 37.8 Å². The van der Waals surface area contributed by atoms with Crippen LogP contribution in [0.4, 0.5) is 0 Å². The SMILES string of the molecule is CCCCCCCC/C=C\CCCCCCCC(=O)CCc1sc2c(c1C(=O)OCCCN(C)C)CCN(C(=O)CCCCCOC(=O)C(CCCCCCCC)CCCCCCCC)C2. The van der Waals surface area contributed by atoms with Crippen LogP contribution in [0.15, 0.2) is 12.2 Å². The zero-order chi connectivity index (χ0) is 47.9. The van der Waals surface area contributed by atoms with Gasteiger partial charge < -0.3 is 19.3 Å². The molecule has 0 saturated carbocycles. The van der Waals surface area contributed by atoms with Crippen molar-refractivity contribution in [2.45, 2.75) is 258 Å². The number of fused-ring (bicyclic) bond motifs is 1. The molecule has 0 bridgehead atoms. The Bertz CT molecular complexity index is 1420. The Morgan fingerprint density at radius 2 is 1.12 bits per heavy atom. The van der Waals surface area contributed by atoms with Crippen LogP contribution >= 0.6 is 11.3 Å². The molecular formula is C57H100N2O6S. The number of esters is 2. The summed E-state index contributed by atoms with van der Waals surface area (Å²) in [5, 5.41) is 0. The lowest BCUT2D eigenvalue weighted by Crippen LogP contribution is -2.35. The first kappa shape index (κ1) is 59.6. The number of carbonyl (C=O) groups excluding carboxylic acids is 4. The van der Waals surface area contributed by atoms with Gasteiger partial charge in [-0.3, -0.25) is 14.4 Å². The highest BCUT2D eigenvalue weighted by molar-refractivity contribution is 7.12. The van der Waals surface area contributed by atoms with Gasteiger partial charge >= 0.3 is 11.9 Å². The average Bonchev–Trinajstić information content (AvgIpc) is 3.68. The maximum absolute atomic E-state index is 13.6. The zero-order valence-corrected chi connectivity index (χ0v) is 44.3. The number of rotatable bonds is 44. The van der Waals surface area contributed by atoms with Crippen LogP contribution in [0.5, 0.6) is 0 Å². The summed E-state index contributed by atoms with van der Waals surface area (Å²) in [4.78, 5) is 59.3. The monoisotopic (exact) mass is 941 g/mol. The first-order valence-electron chi connectivity index (χ1n) is 27.8. The molecule has 2 rings (SSSR count). The van der Waals surface area contributed by atoms with E-state index in [9.17, 15) is 19.2 Å². The van der Waals surface area contributed by atoms with E-state index in [1.165, 1.54) is 128 Å². The van der Waals surface area contributed by atoms with Gasteiger partial charge in [0, 0.05) is 42.1 Å². The first-order valence-corrected chi connectivity index (χ1v) is 28.6. The van der Waals surface area contributed by atoms with Crippen LogP contribution in [0.2, 0.25) is 0 Å². The van der Waals surface area contributed by atoms with Crippen LogP contribution in [0, 0.1) is 5.92 Å². The Labute approximate surface area is 409 Å². The highest BCUT2D eigenvalue weighted by atomic mass is 32.1. The third kappa shape index (κ3) is 28.7. The van der Waals surface area contributed by atoms with Gasteiger partial charge in [0.15, 0.2) is 0 Å². The summed E-state index contributed by atoms with van der Waals surface area (Å²) >= 11 is 1.60. The Morgan fingerprint density at radius 1 is 0.606 bits per heavy atom. The summed E-state index contributed by atoms with van der Waals surface area (Å²) in [5.41, 5.74) is 1.66. The van der Waals surface area contributed by atoms with E-state index >= 15 is 0 Å². The topological polar surface area (TPSA) is 93.2 Å². The van der Waals surface area contributed by atoms with Crippen molar-refractivity contribution in [3.63, 3.8) is 0 Å². The summed E-state index contributed by atoms with van der Waals surface area (Å²) in [6.07, 6.45) is 43.3. The smallest absolute Gasteiger partial charge is 0.339 e. The van der Waals surface area contributed by atoms with Crippen molar-refractivity contribution in [3.8, 4) is 0 Å². The lowest BCUT2D eigenvalue weighted by molar-refractivity contribution is -0.149. The number of thiophene rings is 1. The van der Waals surface area contributed by atoms with E-state index in [4.69, 9.17) is 9.47 Å². The van der Waals surface area contributed by atoms with Crippen molar-refractivity contribution in [2.75, 3.05) is 40.4 Å². The Hall–Kier alpha value is -2.52. The van der Waals surface area contributed by atoms with E-state index < -0.39 is 0 Å². The van der Waals surface area contributed by atoms with Crippen molar-refractivity contribution >= 4 is 35.0 Å². The highest BCUT2D eigenvalue weighted by Crippen LogP contribution is 2.35. The number of nitrogens with zero attached hydrogens (tertiary/aromatic N) is 2. The van der Waals surface area contributed by atoms with E-state index in [0.717, 1.165) is 92.5 Å². The molecule has 1 aromatic rings. The molecule has 2 heterocycles. The Kier molecular flexibility index (Phi) is 36.5. The third-order valence-electron chi connectivity index (χ3n) is 13.4. The summed E-state index contributed by atoms with van der Waals surface area (Å²) in [5.74, 6) is 0.0962. The number of ketones is 1. The molecule has 8 nitrogen and oxygen atoms in total. The van der Waals surface area contributed by atoms with Crippen molar-refractivity contribution in [2.24, 2.45) is 5.92 Å². The molecule has 0 N–H and O–H groups in total. The minimum Gasteiger partial charge on any atom is -0.465 e. The number of ether oxygens (including phenoxy) is 2. The van der Waals surface area contributed by atoms with E-state index in [0.29, 0.717) is 64.0 Å². The van der Waals surface area contributed by atoms with Gasteiger partial charge in [-0.25, -0.2) is 4.79 Å². The molecule has 0 unspecified atom stereocenters. The number of allylic oxidation sites excluding steroid dienone is 2. The molecule has 0 radical (unpaired) electrons. The Balaban J connectivity index is 1.80. The highest BCUT2D eigenvalue weighted by Gasteiger charge is 2.30. The second-order valence-electron chi connectivity index (χ2n) is 19.8. The molecule has 1 amide bonds. The molecule has 9 heteroatoms. The molecule has 0 saturated heterocycles. The van der Waals surface area contributed by atoms with Crippen LogP contribution in [0.25, 0.3) is 0 Å². The maximum atomic E-state index is 13.6. The van der Waals surface area contributed by atoms with Gasteiger partial charge in [-0.15, -0.1) is 11.3 Å². The van der Waals surface area contributed by atoms with Gasteiger partial charge in [-0.2, -0.15) is 0 Å². The molecular weight excluding hydrogens is 841 g/mol. The molecule has 0 aromatic carbocycles. The van der Waals surface area contributed by atoms with Crippen LogP contribution in [0.1, 0.15) is 265 Å². The second kappa shape index (κ2) is 40.4. The third-order valence-corrected chi connectivity index (χ3v) is 14.7. The Morgan fingerprint density at radius 3 is 1.71 bits per heavy atom. The number of hydrogen-bond acceptors (Lipinski definition) is 8. The normalized spacial score (nSPS) is 12.7. The average molecular weight is 942 g/mol. The summed E-state index contributed by atoms with van der Waals surface area (Å²) in [6, 6.07) is 0. The number of unbranched alkanes of at least 4 members (excludes halogenated alkanes) is 23. The van der Waals surface area contributed by atoms with Crippen LogP contribution < -0.4 is 0 Å². The van der Waals surface area contributed by atoms with E-state index in [-0.39, 0.29) is 29.5 Å². The van der Waals surface area contributed by atoms with Crippen molar-refractivity contribution in [1.82, 2.24) is 9.80 Å². The molecule has 380 valence electrons. The second-order valence-corrected chi connectivity index (χ2v) is 21.0. The molecule has 0 fully saturated rings. The number of carbonyl (C=O) groups is 4. The minimum absolute atomic E-state index is 0.0126. The van der Waals surface area contributed by atoms with Crippen molar-refractivity contribution < 1.29 is 28.7 Å². The lowest BCUT2D eigenvalue weighted by Gasteiger charge is -2.27. The number of Topliss-reactive ketones (excluding diaryl/α,β-unsaturated/α-hetero) is 1. The zero-order valence-electron chi connectivity index (χ0n) is 43.5. The van der Waals surface area contributed by atoms with Gasteiger partial charge in [-0.05, 0) is 103 Å². The first-order chi connectivity index (χ1) is 32.2. The van der Waals surface area contributed by atoms with Gasteiger partial charge in [0.25, 0.3) is 0 Å². The minimum atomic E-state index is -0.289. The summed E-state index contributed by atoms with van der Waals surface area (Å²) in [6.45, 7) is 9.46. The molecule has 1 aromatic heterocycles. The summed E-state index contributed by atoms with van der Waals surface area (Å²) in [7, 11) is 4.02. The van der Waals surface area contributed by atoms with Crippen LogP contribution in [-0.2, 0) is 43.2 Å². The predicted molar refractivity (Wildman–Crippen MR) is 279 cm³/mol. The quantitative estimate of drug-likeness (QED) is 0.0365. The summed E-state index contributed by atoms with van der Waals surface area (Å²) < 4.78 is 11.6. The van der Waals surface area contributed by atoms with Crippen molar-refractivity contribution in [3.05, 3.63) is 33.0 Å². The van der Waals surface area contributed by atoms with Gasteiger partial charge in [0.05, 0.1) is 31.2 Å². The van der Waals surface area contributed by atoms with E-state index in [1.807, 2.05) is 19.0 Å². The van der Waals surface area contributed by atoms with Gasteiger partial charge in [-0.1, -0.05) is 161 Å². The maximum Gasteiger partial charge on any atom is 0.339 e. The fourth-order valence-corrected chi connectivity index (χ4v) is 10.6. The number of hydrogen-bond donors (Lipinski definition) is 0. The number of amides is 1. The molecule has 1 aliphatic heterocycles. The van der Waals surface area contributed by atoms with Gasteiger partial charge in [0.2, 0.25) is 5.91 Å². The van der Waals surface area contributed by atoms with Crippen molar-refractivity contribution in [1.29, 1.82) is 0 Å². The van der Waals surface area contributed by atoms with Gasteiger partial charge in [0.1, 0.15) is 5.78 Å². The molecule has 0 spiro atoms. The predicted octanol–water partition coefficient (Wildman–Crippen LogP) is 15.5. The largest absolute Gasteiger partial charge is 0.465 e. The van der Waals surface area contributed by atoms with E-state index in [1.54, 1.807) is 11.3 Å². The fraction of sp³-hybridized carbons (Fsp3) is 0.825. The van der Waals surface area contributed by atoms with Crippen LogP contribution in [-0.4, -0.2) is 73.8 Å². The lowest BCUT2D eigenvalue weighted by atomic mass is 9.94. The molecule has 0 aliphatic carbocycles. The van der Waals surface area contributed by atoms with Crippen LogP contribution in [0.3, 0.4) is 0 Å². The molecule has 0 atom stereocenters.